The second-order valence-electron chi connectivity index (χ2n) is 7.07. The number of hydrogen-bond donors (Lipinski definition) is 1. The van der Waals surface area contributed by atoms with Gasteiger partial charge in [-0.2, -0.15) is 0 Å². The fraction of sp³-hybridized carbons (Fsp3) is 0.250. The van der Waals surface area contributed by atoms with E-state index in [0.29, 0.717) is 18.5 Å². The third-order valence-corrected chi connectivity index (χ3v) is 4.51. The lowest BCUT2D eigenvalue weighted by Gasteiger charge is -2.29. The Bertz CT molecular complexity index is 881. The molecule has 5 heteroatoms. The second kappa shape index (κ2) is 10.3. The number of amides is 1. The molecule has 0 radical (unpaired) electrons. The Kier molecular flexibility index (Phi) is 7.22. The Morgan fingerprint density at radius 1 is 1.00 bits per heavy atom. The van der Waals surface area contributed by atoms with Gasteiger partial charge in [0.05, 0.1) is 24.9 Å². The van der Waals surface area contributed by atoms with Gasteiger partial charge >= 0.3 is 0 Å². The summed E-state index contributed by atoms with van der Waals surface area (Å²) in [7, 11) is 0. The summed E-state index contributed by atoms with van der Waals surface area (Å²) in [5, 5.41) is 2.82. The van der Waals surface area contributed by atoms with Gasteiger partial charge in [-0.1, -0.05) is 48.5 Å². The zero-order valence-corrected chi connectivity index (χ0v) is 16.9. The van der Waals surface area contributed by atoms with E-state index in [1.54, 1.807) is 6.20 Å². The van der Waals surface area contributed by atoms with Crippen LogP contribution in [-0.4, -0.2) is 23.5 Å². The van der Waals surface area contributed by atoms with Crippen LogP contribution in [-0.2, 0) is 11.3 Å². The van der Waals surface area contributed by atoms with E-state index in [1.165, 1.54) is 5.56 Å². The Morgan fingerprint density at radius 3 is 2.31 bits per heavy atom. The number of ether oxygens (including phenoxy) is 1. The molecule has 0 atom stereocenters. The Balaban J connectivity index is 1.53. The summed E-state index contributed by atoms with van der Waals surface area (Å²) in [4.78, 5) is 18.8. The van der Waals surface area contributed by atoms with Gasteiger partial charge in [-0.15, -0.1) is 0 Å². The highest BCUT2D eigenvalue weighted by Crippen LogP contribution is 2.20. The van der Waals surface area contributed by atoms with Crippen LogP contribution < -0.4 is 15.0 Å². The molecule has 0 saturated carbocycles. The smallest absolute Gasteiger partial charge is 0.228 e. The zero-order chi connectivity index (χ0) is 20.5. The number of hydrogen-bond acceptors (Lipinski definition) is 4. The third-order valence-electron chi connectivity index (χ3n) is 4.51. The van der Waals surface area contributed by atoms with Crippen LogP contribution in [0, 0.1) is 0 Å². The number of nitrogens with one attached hydrogen (secondary N) is 1. The molecule has 3 aromatic rings. The summed E-state index contributed by atoms with van der Waals surface area (Å²) in [6.45, 7) is 5.45. The molecule has 5 nitrogen and oxygen atoms in total. The molecule has 0 aliphatic heterocycles. The Labute approximate surface area is 172 Å². The fourth-order valence-corrected chi connectivity index (χ4v) is 2.97. The number of anilines is 2. The van der Waals surface area contributed by atoms with Crippen LogP contribution in [0.2, 0.25) is 0 Å². The summed E-state index contributed by atoms with van der Waals surface area (Å²) in [5.41, 5.74) is 2.27. The van der Waals surface area contributed by atoms with Crippen molar-refractivity contribution in [3.05, 3.63) is 84.6 Å². The SMILES string of the molecule is CC(C)N(Cc1ccccc1)c1ccc(NC(=O)CCOc2ccccc2)nc1. The lowest BCUT2D eigenvalue weighted by molar-refractivity contribution is -0.116. The van der Waals surface area contributed by atoms with Crippen molar-refractivity contribution < 1.29 is 9.53 Å². The summed E-state index contributed by atoms with van der Waals surface area (Å²) in [6, 6.07) is 24.0. The highest BCUT2D eigenvalue weighted by molar-refractivity contribution is 5.89. The minimum absolute atomic E-state index is 0.119. The molecule has 0 aliphatic carbocycles. The molecule has 1 aromatic heterocycles. The maximum atomic E-state index is 12.1. The average Bonchev–Trinajstić information content (AvgIpc) is 2.74. The molecule has 0 spiro atoms. The molecule has 0 aliphatic rings. The van der Waals surface area contributed by atoms with Gasteiger partial charge in [-0.3, -0.25) is 4.79 Å². The number of aromatic nitrogens is 1. The van der Waals surface area contributed by atoms with Crippen LogP contribution in [0.4, 0.5) is 11.5 Å². The zero-order valence-electron chi connectivity index (χ0n) is 16.9. The Morgan fingerprint density at radius 2 is 1.69 bits per heavy atom. The highest BCUT2D eigenvalue weighted by atomic mass is 16.5. The molecule has 1 N–H and O–H groups in total. The lowest BCUT2D eigenvalue weighted by atomic mass is 10.1. The van der Waals surface area contributed by atoms with Gasteiger partial charge in [0, 0.05) is 12.6 Å². The number of carbonyl (C=O) groups is 1. The molecule has 3 rings (SSSR count). The maximum Gasteiger partial charge on any atom is 0.228 e. The quantitative estimate of drug-likeness (QED) is 0.565. The van der Waals surface area contributed by atoms with Crippen molar-refractivity contribution in [3.63, 3.8) is 0 Å². The molecular formula is C24H27N3O2. The first-order chi connectivity index (χ1) is 14.1. The largest absolute Gasteiger partial charge is 0.493 e. The Hall–Kier alpha value is -3.34. The summed E-state index contributed by atoms with van der Waals surface area (Å²) < 4.78 is 5.56. The van der Waals surface area contributed by atoms with Gasteiger partial charge in [0.2, 0.25) is 5.91 Å². The van der Waals surface area contributed by atoms with Gasteiger partial charge < -0.3 is 15.0 Å². The van der Waals surface area contributed by atoms with Crippen LogP contribution in [0.5, 0.6) is 5.75 Å². The van der Waals surface area contributed by atoms with Crippen LogP contribution >= 0.6 is 0 Å². The molecule has 2 aromatic carbocycles. The minimum atomic E-state index is -0.119. The van der Waals surface area contributed by atoms with Crippen LogP contribution in [0.3, 0.4) is 0 Å². The molecular weight excluding hydrogens is 362 g/mol. The monoisotopic (exact) mass is 389 g/mol. The predicted octanol–water partition coefficient (Wildman–Crippen LogP) is 4.90. The number of pyridine rings is 1. The van der Waals surface area contributed by atoms with Gasteiger partial charge in [-0.05, 0) is 43.7 Å². The van der Waals surface area contributed by atoms with Crippen LogP contribution in [0.15, 0.2) is 79.0 Å². The summed E-state index contributed by atoms with van der Waals surface area (Å²) in [5.74, 6) is 1.18. The lowest BCUT2D eigenvalue weighted by Crippen LogP contribution is -2.30. The van der Waals surface area contributed by atoms with E-state index >= 15 is 0 Å². The van der Waals surface area contributed by atoms with Gasteiger partial charge in [0.15, 0.2) is 0 Å². The van der Waals surface area contributed by atoms with Crippen molar-refractivity contribution in [2.45, 2.75) is 32.9 Å². The molecule has 0 saturated heterocycles. The molecule has 29 heavy (non-hydrogen) atoms. The molecule has 0 unspecified atom stereocenters. The third kappa shape index (κ3) is 6.35. The van der Waals surface area contributed by atoms with Crippen molar-refractivity contribution in [3.8, 4) is 5.75 Å². The number of rotatable bonds is 9. The van der Waals surface area contributed by atoms with E-state index in [1.807, 2.05) is 60.7 Å². The van der Waals surface area contributed by atoms with Gasteiger partial charge in [0.25, 0.3) is 0 Å². The molecule has 150 valence electrons. The van der Waals surface area contributed by atoms with Crippen LogP contribution in [0.25, 0.3) is 0 Å². The predicted molar refractivity (Wildman–Crippen MR) is 117 cm³/mol. The van der Waals surface area contributed by atoms with E-state index in [4.69, 9.17) is 4.74 Å². The molecule has 1 amide bonds. The van der Waals surface area contributed by atoms with Crippen molar-refractivity contribution in [1.29, 1.82) is 0 Å². The molecule has 1 heterocycles. The maximum absolute atomic E-state index is 12.1. The number of benzene rings is 2. The van der Waals surface area contributed by atoms with E-state index < -0.39 is 0 Å². The molecule has 0 fully saturated rings. The van der Waals surface area contributed by atoms with Gasteiger partial charge in [0.1, 0.15) is 11.6 Å². The van der Waals surface area contributed by atoms with E-state index in [0.717, 1.165) is 18.0 Å². The van der Waals surface area contributed by atoms with E-state index in [9.17, 15) is 4.79 Å². The van der Waals surface area contributed by atoms with Crippen LogP contribution in [0.1, 0.15) is 25.8 Å². The van der Waals surface area contributed by atoms with E-state index in [-0.39, 0.29) is 12.3 Å². The number of para-hydroxylation sites is 1. The normalized spacial score (nSPS) is 10.6. The average molecular weight is 389 g/mol. The minimum Gasteiger partial charge on any atom is -0.493 e. The van der Waals surface area contributed by atoms with Crippen molar-refractivity contribution in [2.24, 2.45) is 0 Å². The summed E-state index contributed by atoms with van der Waals surface area (Å²) in [6.07, 6.45) is 2.07. The van der Waals surface area contributed by atoms with Crippen molar-refractivity contribution in [1.82, 2.24) is 4.98 Å². The van der Waals surface area contributed by atoms with Gasteiger partial charge in [-0.25, -0.2) is 4.98 Å². The first kappa shape index (κ1) is 20.4. The standard InChI is InChI=1S/C24H27N3O2/c1-19(2)27(18-20-9-5-3-6-10-20)21-13-14-23(25-17-21)26-24(28)15-16-29-22-11-7-4-8-12-22/h3-14,17,19H,15-16,18H2,1-2H3,(H,25,26,28). The number of nitrogens with zero attached hydrogens (tertiary/aromatic N) is 2. The fourth-order valence-electron chi connectivity index (χ4n) is 2.97. The highest BCUT2D eigenvalue weighted by Gasteiger charge is 2.12. The van der Waals surface area contributed by atoms with Crippen molar-refractivity contribution in [2.75, 3.05) is 16.8 Å². The summed E-state index contributed by atoms with van der Waals surface area (Å²) >= 11 is 0. The topological polar surface area (TPSA) is 54.5 Å². The first-order valence-electron chi connectivity index (χ1n) is 9.86. The first-order valence-corrected chi connectivity index (χ1v) is 9.86. The van der Waals surface area contributed by atoms with E-state index in [2.05, 4.69) is 41.2 Å². The number of carbonyl (C=O) groups excluding carboxylic acids is 1. The second-order valence-corrected chi connectivity index (χ2v) is 7.07. The van der Waals surface area contributed by atoms with Crippen molar-refractivity contribution >= 4 is 17.4 Å². The molecule has 0 bridgehead atoms.